The van der Waals surface area contributed by atoms with Crippen LogP contribution < -0.4 is 0 Å². The fraction of sp³-hybridized carbons (Fsp3) is 0.385. The largest absolute Gasteiger partial charge is 0.460 e. The normalized spacial score (nSPS) is 12.3. The topological polar surface area (TPSA) is 33.4 Å². The molecule has 1 N–H and O–H groups in total. The van der Waals surface area contributed by atoms with E-state index in [1.807, 2.05) is 45.0 Å². The van der Waals surface area contributed by atoms with Crippen LogP contribution in [0.2, 0.25) is 0 Å². The van der Waals surface area contributed by atoms with Gasteiger partial charge in [0.15, 0.2) is 0 Å². The van der Waals surface area contributed by atoms with E-state index < -0.39 is 0 Å². The van der Waals surface area contributed by atoms with Gasteiger partial charge in [-0.05, 0) is 18.6 Å². The Balaban J connectivity index is 2.68. The highest BCUT2D eigenvalue weighted by atomic mass is 16.3. The van der Waals surface area contributed by atoms with E-state index in [1.54, 1.807) is 0 Å². The lowest BCUT2D eigenvalue weighted by atomic mass is 9.89. The van der Waals surface area contributed by atoms with Crippen molar-refractivity contribution < 1.29 is 9.52 Å². The Morgan fingerprint density at radius 2 is 1.93 bits per heavy atom. The molecule has 2 aromatic rings. The lowest BCUT2D eigenvalue weighted by Crippen LogP contribution is -2.22. The average molecular weight is 204 g/mol. The molecule has 2 heteroatoms. The molecule has 0 amide bonds. The van der Waals surface area contributed by atoms with E-state index in [-0.39, 0.29) is 12.0 Å². The van der Waals surface area contributed by atoms with Crippen LogP contribution in [0.5, 0.6) is 0 Å². The van der Waals surface area contributed by atoms with Gasteiger partial charge in [0.2, 0.25) is 0 Å². The van der Waals surface area contributed by atoms with Crippen molar-refractivity contribution in [3.05, 3.63) is 35.6 Å². The number of rotatable bonds is 2. The molecule has 15 heavy (non-hydrogen) atoms. The van der Waals surface area contributed by atoms with E-state index in [1.165, 1.54) is 0 Å². The number of aryl methyl sites for hydroxylation is 1. The molecule has 1 aromatic carbocycles. The molecule has 0 radical (unpaired) electrons. The summed E-state index contributed by atoms with van der Waals surface area (Å²) >= 11 is 0. The molecule has 1 heterocycles. The zero-order valence-electron chi connectivity index (χ0n) is 9.37. The van der Waals surface area contributed by atoms with Crippen LogP contribution in [0.3, 0.4) is 0 Å². The first kappa shape index (κ1) is 10.2. The van der Waals surface area contributed by atoms with Gasteiger partial charge >= 0.3 is 0 Å². The summed E-state index contributed by atoms with van der Waals surface area (Å²) in [7, 11) is 0. The van der Waals surface area contributed by atoms with Gasteiger partial charge in [-0.15, -0.1) is 0 Å². The second-order valence-electron chi connectivity index (χ2n) is 4.59. The van der Waals surface area contributed by atoms with Crippen LogP contribution in [0.15, 0.2) is 28.7 Å². The van der Waals surface area contributed by atoms with Gasteiger partial charge in [-0.25, -0.2) is 0 Å². The van der Waals surface area contributed by atoms with Gasteiger partial charge in [-0.1, -0.05) is 32.0 Å². The van der Waals surface area contributed by atoms with Crippen LogP contribution in [-0.2, 0) is 5.41 Å². The molecule has 0 fully saturated rings. The molecule has 1 aromatic heterocycles. The number of aliphatic hydroxyl groups is 1. The highest BCUT2D eigenvalue weighted by molar-refractivity contribution is 5.82. The van der Waals surface area contributed by atoms with E-state index in [9.17, 15) is 5.11 Å². The summed E-state index contributed by atoms with van der Waals surface area (Å²) in [5, 5.41) is 10.5. The molecule has 0 aliphatic heterocycles. The average Bonchev–Trinajstić information content (AvgIpc) is 2.58. The van der Waals surface area contributed by atoms with Crippen molar-refractivity contribution in [2.75, 3.05) is 6.61 Å². The first-order valence-electron chi connectivity index (χ1n) is 5.16. The standard InChI is InChI=1S/C13H16O2/c1-9-10-6-4-5-7-11(10)15-12(9)13(2,3)8-14/h4-7,14H,8H2,1-3H3. The van der Waals surface area contributed by atoms with Gasteiger partial charge < -0.3 is 9.52 Å². The Morgan fingerprint density at radius 1 is 1.27 bits per heavy atom. The summed E-state index contributed by atoms with van der Waals surface area (Å²) in [4.78, 5) is 0. The Hall–Kier alpha value is -1.28. The highest BCUT2D eigenvalue weighted by Gasteiger charge is 2.26. The Kier molecular flexibility index (Phi) is 2.31. The van der Waals surface area contributed by atoms with Gasteiger partial charge in [0, 0.05) is 10.8 Å². The minimum Gasteiger partial charge on any atom is -0.460 e. The van der Waals surface area contributed by atoms with Crippen molar-refractivity contribution in [1.29, 1.82) is 0 Å². The molecule has 0 unspecified atom stereocenters. The molecule has 2 nitrogen and oxygen atoms in total. The second kappa shape index (κ2) is 3.38. The van der Waals surface area contributed by atoms with Crippen LogP contribution in [0.1, 0.15) is 25.2 Å². The van der Waals surface area contributed by atoms with Gasteiger partial charge in [0.05, 0.1) is 6.61 Å². The predicted octanol–water partition coefficient (Wildman–Crippen LogP) is 3.01. The van der Waals surface area contributed by atoms with Crippen molar-refractivity contribution in [2.24, 2.45) is 0 Å². The number of fused-ring (bicyclic) bond motifs is 1. The monoisotopic (exact) mass is 204 g/mol. The van der Waals surface area contributed by atoms with Gasteiger partial charge in [0.1, 0.15) is 11.3 Å². The Bertz CT molecular complexity index is 480. The van der Waals surface area contributed by atoms with E-state index in [4.69, 9.17) is 4.42 Å². The lowest BCUT2D eigenvalue weighted by molar-refractivity contribution is 0.198. The number of benzene rings is 1. The number of furan rings is 1. The number of para-hydroxylation sites is 1. The predicted molar refractivity (Wildman–Crippen MR) is 61.1 cm³/mol. The minimum atomic E-state index is -0.316. The van der Waals surface area contributed by atoms with Crippen molar-refractivity contribution in [1.82, 2.24) is 0 Å². The maximum Gasteiger partial charge on any atom is 0.134 e. The summed E-state index contributed by atoms with van der Waals surface area (Å²) in [6.45, 7) is 6.10. The number of aliphatic hydroxyl groups excluding tert-OH is 1. The fourth-order valence-electron chi connectivity index (χ4n) is 1.89. The minimum absolute atomic E-state index is 0.0909. The van der Waals surface area contributed by atoms with Gasteiger partial charge in [-0.3, -0.25) is 0 Å². The Morgan fingerprint density at radius 3 is 2.53 bits per heavy atom. The van der Waals surface area contributed by atoms with Gasteiger partial charge in [-0.2, -0.15) is 0 Å². The summed E-state index contributed by atoms with van der Waals surface area (Å²) in [6.07, 6.45) is 0. The van der Waals surface area contributed by atoms with Crippen LogP contribution >= 0.6 is 0 Å². The zero-order chi connectivity index (χ0) is 11.1. The number of hydrogen-bond acceptors (Lipinski definition) is 2. The summed E-state index contributed by atoms with van der Waals surface area (Å²) < 4.78 is 5.79. The summed E-state index contributed by atoms with van der Waals surface area (Å²) in [5.74, 6) is 0.881. The highest BCUT2D eigenvalue weighted by Crippen LogP contribution is 2.33. The molecule has 0 saturated carbocycles. The summed E-state index contributed by atoms with van der Waals surface area (Å²) in [6, 6.07) is 7.96. The second-order valence-corrected chi connectivity index (χ2v) is 4.59. The van der Waals surface area contributed by atoms with Crippen molar-refractivity contribution in [3.63, 3.8) is 0 Å². The van der Waals surface area contributed by atoms with Crippen molar-refractivity contribution >= 4 is 11.0 Å². The maximum absolute atomic E-state index is 9.34. The van der Waals surface area contributed by atoms with E-state index in [0.29, 0.717) is 0 Å². The molecule has 0 atom stereocenters. The molecule has 0 bridgehead atoms. The molecule has 0 spiro atoms. The fourth-order valence-corrected chi connectivity index (χ4v) is 1.89. The molecular weight excluding hydrogens is 188 g/mol. The molecule has 0 aliphatic rings. The van der Waals surface area contributed by atoms with Crippen LogP contribution in [0.4, 0.5) is 0 Å². The van der Waals surface area contributed by atoms with E-state index in [0.717, 1.165) is 22.3 Å². The first-order valence-corrected chi connectivity index (χ1v) is 5.16. The van der Waals surface area contributed by atoms with E-state index in [2.05, 4.69) is 0 Å². The quantitative estimate of drug-likeness (QED) is 0.815. The zero-order valence-corrected chi connectivity index (χ0v) is 9.37. The third kappa shape index (κ3) is 1.55. The smallest absolute Gasteiger partial charge is 0.134 e. The molecule has 80 valence electrons. The molecule has 0 saturated heterocycles. The summed E-state index contributed by atoms with van der Waals surface area (Å²) in [5.41, 5.74) is 1.71. The van der Waals surface area contributed by atoms with Crippen molar-refractivity contribution in [2.45, 2.75) is 26.2 Å². The Labute approximate surface area is 89.5 Å². The number of hydrogen-bond donors (Lipinski definition) is 1. The third-order valence-corrected chi connectivity index (χ3v) is 2.85. The molecular formula is C13H16O2. The maximum atomic E-state index is 9.34. The van der Waals surface area contributed by atoms with Gasteiger partial charge in [0.25, 0.3) is 0 Å². The SMILES string of the molecule is Cc1c(C(C)(C)CO)oc2ccccc12. The van der Waals surface area contributed by atoms with E-state index >= 15 is 0 Å². The lowest BCUT2D eigenvalue weighted by Gasteiger charge is -2.19. The third-order valence-electron chi connectivity index (χ3n) is 2.85. The first-order chi connectivity index (χ1) is 7.06. The van der Waals surface area contributed by atoms with Crippen molar-refractivity contribution in [3.8, 4) is 0 Å². The van der Waals surface area contributed by atoms with Crippen LogP contribution in [0, 0.1) is 6.92 Å². The van der Waals surface area contributed by atoms with Crippen LogP contribution in [-0.4, -0.2) is 11.7 Å². The molecule has 2 rings (SSSR count). The van der Waals surface area contributed by atoms with Crippen LogP contribution in [0.25, 0.3) is 11.0 Å². The molecule has 0 aliphatic carbocycles.